The fourth-order valence-electron chi connectivity index (χ4n) is 3.60. The summed E-state index contributed by atoms with van der Waals surface area (Å²) in [5.41, 5.74) is 1.89. The van der Waals surface area contributed by atoms with E-state index in [-0.39, 0.29) is 17.9 Å². The van der Waals surface area contributed by atoms with Gasteiger partial charge in [-0.15, -0.1) is 0 Å². The molecule has 0 aliphatic carbocycles. The van der Waals surface area contributed by atoms with Crippen LogP contribution < -0.4 is 0 Å². The van der Waals surface area contributed by atoms with Crippen LogP contribution in [0.1, 0.15) is 22.3 Å². The van der Waals surface area contributed by atoms with E-state index in [4.69, 9.17) is 4.74 Å². The quantitative estimate of drug-likeness (QED) is 0.799. The topological polar surface area (TPSA) is 53.1 Å². The van der Waals surface area contributed by atoms with Crippen LogP contribution in [-0.2, 0) is 9.53 Å². The lowest BCUT2D eigenvalue weighted by atomic mass is 10.1. The Morgan fingerprint density at radius 2 is 1.80 bits per heavy atom. The summed E-state index contributed by atoms with van der Waals surface area (Å²) in [6.45, 7) is 6.92. The number of piperazine rings is 1. The van der Waals surface area contributed by atoms with Gasteiger partial charge in [0.1, 0.15) is 0 Å². The van der Waals surface area contributed by atoms with E-state index in [0.717, 1.165) is 37.2 Å². The standard InChI is InChI=1S/C19H27N3O3/c1-15-3-5-16(6-4-15)18(23)22-11-9-20(10-12-22)17-7-8-21(19(17)24)13-14-25-2/h3-6,17H,7-14H2,1-2H3. The molecule has 0 bridgehead atoms. The molecule has 6 nitrogen and oxygen atoms in total. The normalized spacial score (nSPS) is 21.8. The lowest BCUT2D eigenvalue weighted by Gasteiger charge is -2.37. The molecule has 0 saturated carbocycles. The molecule has 6 heteroatoms. The number of carbonyl (C=O) groups is 2. The molecule has 1 aromatic rings. The summed E-state index contributed by atoms with van der Waals surface area (Å²) in [7, 11) is 1.66. The van der Waals surface area contributed by atoms with Crippen molar-refractivity contribution >= 4 is 11.8 Å². The second kappa shape index (κ2) is 7.97. The molecule has 25 heavy (non-hydrogen) atoms. The Morgan fingerprint density at radius 3 is 2.44 bits per heavy atom. The van der Waals surface area contributed by atoms with Crippen molar-refractivity contribution < 1.29 is 14.3 Å². The van der Waals surface area contributed by atoms with E-state index >= 15 is 0 Å². The predicted octanol–water partition coefficient (Wildman–Crippen LogP) is 1.00. The van der Waals surface area contributed by atoms with Crippen molar-refractivity contribution in [3.63, 3.8) is 0 Å². The molecular formula is C19H27N3O3. The number of carbonyl (C=O) groups excluding carboxylic acids is 2. The minimum atomic E-state index is -0.0338. The molecule has 1 unspecified atom stereocenters. The number of amides is 2. The fourth-order valence-corrected chi connectivity index (χ4v) is 3.60. The summed E-state index contributed by atoms with van der Waals surface area (Å²) >= 11 is 0. The van der Waals surface area contributed by atoms with Crippen LogP contribution in [-0.4, -0.2) is 85.5 Å². The van der Waals surface area contributed by atoms with Crippen molar-refractivity contribution in [1.29, 1.82) is 0 Å². The van der Waals surface area contributed by atoms with Crippen LogP contribution in [0, 0.1) is 6.92 Å². The summed E-state index contributed by atoms with van der Waals surface area (Å²) in [6, 6.07) is 7.68. The highest BCUT2D eigenvalue weighted by Crippen LogP contribution is 2.19. The van der Waals surface area contributed by atoms with Crippen LogP contribution in [0.4, 0.5) is 0 Å². The van der Waals surface area contributed by atoms with Crippen molar-refractivity contribution in [2.45, 2.75) is 19.4 Å². The molecule has 2 amide bonds. The van der Waals surface area contributed by atoms with Gasteiger partial charge in [-0.1, -0.05) is 17.7 Å². The third-order valence-corrected chi connectivity index (χ3v) is 5.18. The number of hydrogen-bond donors (Lipinski definition) is 0. The van der Waals surface area contributed by atoms with Crippen molar-refractivity contribution in [2.75, 3.05) is 53.0 Å². The van der Waals surface area contributed by atoms with Gasteiger partial charge in [-0.3, -0.25) is 14.5 Å². The highest BCUT2D eigenvalue weighted by Gasteiger charge is 2.37. The van der Waals surface area contributed by atoms with Gasteiger partial charge in [-0.2, -0.15) is 0 Å². The number of rotatable bonds is 5. The molecular weight excluding hydrogens is 318 g/mol. The lowest BCUT2D eigenvalue weighted by molar-refractivity contribution is -0.133. The van der Waals surface area contributed by atoms with Gasteiger partial charge in [0.15, 0.2) is 0 Å². The first-order valence-corrected chi connectivity index (χ1v) is 8.98. The highest BCUT2D eigenvalue weighted by atomic mass is 16.5. The average Bonchev–Trinajstić information content (AvgIpc) is 3.01. The Bertz CT molecular complexity index is 609. The minimum absolute atomic E-state index is 0.0338. The van der Waals surface area contributed by atoms with E-state index in [1.165, 1.54) is 0 Å². The molecule has 0 aromatic heterocycles. The highest BCUT2D eigenvalue weighted by molar-refractivity contribution is 5.94. The summed E-state index contributed by atoms with van der Waals surface area (Å²) in [5.74, 6) is 0.287. The van der Waals surface area contributed by atoms with Gasteiger partial charge >= 0.3 is 0 Å². The molecule has 2 aliphatic heterocycles. The zero-order chi connectivity index (χ0) is 17.8. The molecule has 2 heterocycles. The van der Waals surface area contributed by atoms with E-state index < -0.39 is 0 Å². The number of methoxy groups -OCH3 is 1. The molecule has 1 atom stereocenters. The lowest BCUT2D eigenvalue weighted by Crippen LogP contribution is -2.53. The number of benzene rings is 1. The first kappa shape index (κ1) is 17.9. The summed E-state index contributed by atoms with van der Waals surface area (Å²) in [4.78, 5) is 31.1. The van der Waals surface area contributed by atoms with Crippen molar-refractivity contribution in [2.24, 2.45) is 0 Å². The fraction of sp³-hybridized carbons (Fsp3) is 0.579. The van der Waals surface area contributed by atoms with Gasteiger partial charge in [-0.25, -0.2) is 0 Å². The van der Waals surface area contributed by atoms with Crippen molar-refractivity contribution in [1.82, 2.24) is 14.7 Å². The Hall–Kier alpha value is -1.92. The van der Waals surface area contributed by atoms with Gasteiger partial charge in [0.2, 0.25) is 5.91 Å². The minimum Gasteiger partial charge on any atom is -0.383 e. The molecule has 0 N–H and O–H groups in total. The third-order valence-electron chi connectivity index (χ3n) is 5.18. The molecule has 1 aromatic carbocycles. The van der Waals surface area contributed by atoms with Crippen LogP contribution in [0.3, 0.4) is 0 Å². The maximum absolute atomic E-state index is 12.6. The van der Waals surface area contributed by atoms with Gasteiger partial charge in [0.25, 0.3) is 5.91 Å². The number of hydrogen-bond acceptors (Lipinski definition) is 4. The van der Waals surface area contributed by atoms with E-state index in [9.17, 15) is 9.59 Å². The number of nitrogens with zero attached hydrogens (tertiary/aromatic N) is 3. The molecule has 0 radical (unpaired) electrons. The summed E-state index contributed by atoms with van der Waals surface area (Å²) in [5, 5.41) is 0. The second-order valence-electron chi connectivity index (χ2n) is 6.82. The Morgan fingerprint density at radius 1 is 1.12 bits per heavy atom. The molecule has 136 valence electrons. The first-order valence-electron chi connectivity index (χ1n) is 8.98. The van der Waals surface area contributed by atoms with Gasteiger partial charge < -0.3 is 14.5 Å². The van der Waals surface area contributed by atoms with E-state index in [1.54, 1.807) is 7.11 Å². The predicted molar refractivity (Wildman–Crippen MR) is 95.5 cm³/mol. The smallest absolute Gasteiger partial charge is 0.253 e. The van der Waals surface area contributed by atoms with Crippen LogP contribution in [0.15, 0.2) is 24.3 Å². The van der Waals surface area contributed by atoms with E-state index in [1.807, 2.05) is 41.0 Å². The Balaban J connectivity index is 1.53. The monoisotopic (exact) mass is 345 g/mol. The zero-order valence-electron chi connectivity index (χ0n) is 15.1. The molecule has 0 spiro atoms. The molecule has 3 rings (SSSR count). The second-order valence-corrected chi connectivity index (χ2v) is 6.82. The molecule has 2 aliphatic rings. The van der Waals surface area contributed by atoms with Crippen LogP contribution in [0.5, 0.6) is 0 Å². The van der Waals surface area contributed by atoms with Crippen LogP contribution in [0.2, 0.25) is 0 Å². The Labute approximate surface area is 149 Å². The maximum atomic E-state index is 12.6. The van der Waals surface area contributed by atoms with Crippen LogP contribution >= 0.6 is 0 Å². The van der Waals surface area contributed by atoms with Crippen molar-refractivity contribution in [3.05, 3.63) is 35.4 Å². The summed E-state index contributed by atoms with van der Waals surface area (Å²) in [6.07, 6.45) is 0.870. The number of likely N-dealkylation sites (tertiary alicyclic amines) is 1. The Kier molecular flexibility index (Phi) is 5.71. The van der Waals surface area contributed by atoms with Gasteiger partial charge in [0.05, 0.1) is 12.6 Å². The number of aryl methyl sites for hydroxylation is 1. The SMILES string of the molecule is COCCN1CCC(N2CCN(C(=O)c3ccc(C)cc3)CC2)C1=O. The maximum Gasteiger partial charge on any atom is 0.253 e. The largest absolute Gasteiger partial charge is 0.383 e. The van der Waals surface area contributed by atoms with Gasteiger partial charge in [-0.05, 0) is 25.5 Å². The zero-order valence-corrected chi connectivity index (χ0v) is 15.1. The molecule has 2 saturated heterocycles. The van der Waals surface area contributed by atoms with E-state index in [2.05, 4.69) is 4.90 Å². The third kappa shape index (κ3) is 4.02. The first-order chi connectivity index (χ1) is 12.1. The molecule has 2 fully saturated rings. The van der Waals surface area contributed by atoms with Gasteiger partial charge in [0, 0.05) is 51.9 Å². The van der Waals surface area contributed by atoms with Crippen molar-refractivity contribution in [3.8, 4) is 0 Å². The van der Waals surface area contributed by atoms with Crippen LogP contribution in [0.25, 0.3) is 0 Å². The summed E-state index contributed by atoms with van der Waals surface area (Å²) < 4.78 is 5.07. The average molecular weight is 345 g/mol. The van der Waals surface area contributed by atoms with E-state index in [0.29, 0.717) is 26.2 Å². The number of ether oxygens (including phenoxy) is 1.